The normalized spacial score (nSPS) is 10.6. The summed E-state index contributed by atoms with van der Waals surface area (Å²) in [5.41, 5.74) is 0.198. The summed E-state index contributed by atoms with van der Waals surface area (Å²) in [6.07, 6.45) is 2.44. The highest BCUT2D eigenvalue weighted by molar-refractivity contribution is 9.10. The van der Waals surface area contributed by atoms with Crippen molar-refractivity contribution in [3.8, 4) is 29.4 Å². The number of halogens is 4. The quantitative estimate of drug-likeness (QED) is 0.702. The van der Waals surface area contributed by atoms with Crippen LogP contribution in [0.4, 0.5) is 8.78 Å². The van der Waals surface area contributed by atoms with Gasteiger partial charge >= 0.3 is 0 Å². The van der Waals surface area contributed by atoms with E-state index in [1.54, 1.807) is 18.2 Å². The summed E-state index contributed by atoms with van der Waals surface area (Å²) in [6.45, 7) is -0.636. The van der Waals surface area contributed by atoms with Crippen LogP contribution in [0, 0.1) is 12.3 Å². The van der Waals surface area contributed by atoms with Crippen molar-refractivity contribution in [1.29, 1.82) is 0 Å². The minimum Gasteiger partial charge on any atom is -0.481 e. The largest absolute Gasteiger partial charge is 0.481 e. The molecule has 0 spiro atoms. The molecule has 1 heterocycles. The highest BCUT2D eigenvalue weighted by Crippen LogP contribution is 2.31. The van der Waals surface area contributed by atoms with Crippen molar-refractivity contribution < 1.29 is 13.5 Å². The van der Waals surface area contributed by atoms with Crippen LogP contribution in [0.1, 0.15) is 0 Å². The van der Waals surface area contributed by atoms with E-state index in [0.717, 1.165) is 4.57 Å². The maximum absolute atomic E-state index is 12.8. The molecule has 0 saturated heterocycles. The summed E-state index contributed by atoms with van der Waals surface area (Å²) >= 11 is 9.25. The van der Waals surface area contributed by atoms with Gasteiger partial charge < -0.3 is 9.30 Å². The first-order chi connectivity index (χ1) is 10.9. The lowest BCUT2D eigenvalue weighted by molar-refractivity contribution is 0.126. The zero-order chi connectivity index (χ0) is 17.0. The minimum atomic E-state index is -2.67. The number of hydrogen-bond donors (Lipinski definition) is 0. The van der Waals surface area contributed by atoms with Crippen LogP contribution in [0.5, 0.6) is 5.75 Å². The minimum absolute atomic E-state index is 0.0874. The smallest absolute Gasteiger partial charge is 0.265 e. The van der Waals surface area contributed by atoms with Crippen molar-refractivity contribution in [2.75, 3.05) is 6.61 Å². The lowest BCUT2D eigenvalue weighted by atomic mass is 10.1. The van der Waals surface area contributed by atoms with Gasteiger partial charge in [0, 0.05) is 5.56 Å². The zero-order valence-corrected chi connectivity index (χ0v) is 14.1. The number of pyridine rings is 1. The molecule has 0 radical (unpaired) electrons. The molecule has 3 nitrogen and oxygen atoms in total. The Balaban J connectivity index is 2.52. The lowest BCUT2D eigenvalue weighted by Gasteiger charge is -2.15. The van der Waals surface area contributed by atoms with Crippen LogP contribution in [0.15, 0.2) is 39.6 Å². The molecule has 0 N–H and O–H groups in total. The molecule has 0 aliphatic heterocycles. The van der Waals surface area contributed by atoms with E-state index < -0.39 is 18.5 Å². The predicted octanol–water partition coefficient (Wildman–Crippen LogP) is 4.21. The highest BCUT2D eigenvalue weighted by atomic mass is 79.9. The molecular formula is C16H11BrClF2NO2. The number of aromatic nitrogens is 1. The molecule has 2 aromatic rings. The Kier molecular flexibility index (Phi) is 5.80. The number of benzene rings is 1. The van der Waals surface area contributed by atoms with E-state index in [2.05, 4.69) is 21.9 Å². The summed E-state index contributed by atoms with van der Waals surface area (Å²) in [7, 11) is 0. The van der Waals surface area contributed by atoms with E-state index in [0.29, 0.717) is 17.0 Å². The van der Waals surface area contributed by atoms with E-state index in [1.807, 2.05) is 0 Å². The fraction of sp³-hybridized carbons (Fsp3) is 0.188. The second-order valence-electron chi connectivity index (χ2n) is 4.51. The van der Waals surface area contributed by atoms with Crippen molar-refractivity contribution in [2.45, 2.75) is 13.0 Å². The number of rotatable bonds is 5. The van der Waals surface area contributed by atoms with E-state index >= 15 is 0 Å². The Labute approximate surface area is 145 Å². The Bertz CT molecular complexity index is 815. The van der Waals surface area contributed by atoms with Crippen LogP contribution < -0.4 is 10.3 Å². The van der Waals surface area contributed by atoms with Gasteiger partial charge in [-0.25, -0.2) is 8.78 Å². The standard InChI is InChI=1S/C16H11BrClF2NO2/c1-2-7-23-10-3-4-11(13(18)8-10)14-6-5-12(17)16(22)21(14)9-15(19)20/h1,3-6,8,15H,7,9H2. The molecule has 2 rings (SSSR count). The highest BCUT2D eigenvalue weighted by Gasteiger charge is 2.16. The van der Waals surface area contributed by atoms with Crippen molar-refractivity contribution in [2.24, 2.45) is 0 Å². The number of terminal acetylenes is 1. The van der Waals surface area contributed by atoms with E-state index in [4.69, 9.17) is 22.8 Å². The van der Waals surface area contributed by atoms with Crippen LogP contribution in [0.3, 0.4) is 0 Å². The third-order valence-electron chi connectivity index (χ3n) is 2.99. The van der Waals surface area contributed by atoms with Crippen molar-refractivity contribution in [3.05, 3.63) is 50.2 Å². The first-order valence-electron chi connectivity index (χ1n) is 6.47. The summed E-state index contributed by atoms with van der Waals surface area (Å²) < 4.78 is 32.0. The third kappa shape index (κ3) is 4.12. The number of nitrogens with zero attached hydrogens (tertiary/aromatic N) is 1. The van der Waals surface area contributed by atoms with Gasteiger partial charge in [-0.1, -0.05) is 17.5 Å². The van der Waals surface area contributed by atoms with Gasteiger partial charge in [-0.15, -0.1) is 6.42 Å². The molecule has 0 unspecified atom stereocenters. The molecule has 0 atom stereocenters. The number of hydrogen-bond acceptors (Lipinski definition) is 2. The Morgan fingerprint density at radius 3 is 2.70 bits per heavy atom. The first kappa shape index (κ1) is 17.5. The zero-order valence-electron chi connectivity index (χ0n) is 11.7. The average molecular weight is 403 g/mol. The topological polar surface area (TPSA) is 31.2 Å². The van der Waals surface area contributed by atoms with Gasteiger partial charge in [-0.2, -0.15) is 0 Å². The maximum Gasteiger partial charge on any atom is 0.265 e. The van der Waals surface area contributed by atoms with E-state index in [-0.39, 0.29) is 16.1 Å². The van der Waals surface area contributed by atoms with Crippen LogP contribution >= 0.6 is 27.5 Å². The average Bonchev–Trinajstić information content (AvgIpc) is 2.50. The van der Waals surface area contributed by atoms with E-state index in [1.165, 1.54) is 12.1 Å². The SMILES string of the molecule is C#CCOc1ccc(-c2ccc(Br)c(=O)n2CC(F)F)c(Cl)c1. The molecule has 0 amide bonds. The molecule has 23 heavy (non-hydrogen) atoms. The Morgan fingerprint density at radius 2 is 2.09 bits per heavy atom. The van der Waals surface area contributed by atoms with Gasteiger partial charge in [0.25, 0.3) is 12.0 Å². The Hall–Kier alpha value is -1.84. The molecule has 0 aliphatic carbocycles. The second-order valence-corrected chi connectivity index (χ2v) is 5.77. The summed E-state index contributed by atoms with van der Waals surface area (Å²) in [5, 5.41) is 0.268. The number of alkyl halides is 2. The van der Waals surface area contributed by atoms with Gasteiger partial charge in [0.15, 0.2) is 0 Å². The maximum atomic E-state index is 12.8. The number of ether oxygens (including phenoxy) is 1. The molecule has 1 aromatic heterocycles. The summed E-state index contributed by atoms with van der Waals surface area (Å²) in [4.78, 5) is 12.1. The van der Waals surface area contributed by atoms with Gasteiger partial charge in [0.05, 0.1) is 21.7 Å². The summed E-state index contributed by atoms with van der Waals surface area (Å²) in [6, 6.07) is 7.78. The molecule has 0 saturated carbocycles. The monoisotopic (exact) mass is 401 g/mol. The second kappa shape index (κ2) is 7.62. The molecule has 120 valence electrons. The molecular weight excluding hydrogens is 392 g/mol. The van der Waals surface area contributed by atoms with Crippen LogP contribution in [0.2, 0.25) is 5.02 Å². The van der Waals surface area contributed by atoms with Crippen molar-refractivity contribution in [1.82, 2.24) is 4.57 Å². The van der Waals surface area contributed by atoms with Gasteiger partial charge in [0.1, 0.15) is 12.4 Å². The predicted molar refractivity (Wildman–Crippen MR) is 89.2 cm³/mol. The van der Waals surface area contributed by atoms with Crippen LogP contribution in [-0.4, -0.2) is 17.6 Å². The van der Waals surface area contributed by atoms with Crippen molar-refractivity contribution in [3.63, 3.8) is 0 Å². The van der Waals surface area contributed by atoms with Crippen LogP contribution in [-0.2, 0) is 6.54 Å². The summed E-state index contributed by atoms with van der Waals surface area (Å²) in [5.74, 6) is 2.78. The molecule has 1 aromatic carbocycles. The van der Waals surface area contributed by atoms with Crippen molar-refractivity contribution >= 4 is 27.5 Å². The Morgan fingerprint density at radius 1 is 1.35 bits per heavy atom. The first-order valence-corrected chi connectivity index (χ1v) is 7.64. The third-order valence-corrected chi connectivity index (χ3v) is 3.90. The molecule has 0 aliphatic rings. The molecule has 0 fully saturated rings. The van der Waals surface area contributed by atoms with Gasteiger partial charge in [-0.3, -0.25) is 4.79 Å². The fourth-order valence-electron chi connectivity index (χ4n) is 2.02. The molecule has 7 heteroatoms. The van der Waals surface area contributed by atoms with E-state index in [9.17, 15) is 13.6 Å². The van der Waals surface area contributed by atoms with Gasteiger partial charge in [0.2, 0.25) is 0 Å². The fourth-order valence-corrected chi connectivity index (χ4v) is 2.64. The van der Waals surface area contributed by atoms with Gasteiger partial charge in [-0.05, 0) is 46.3 Å². The lowest BCUT2D eigenvalue weighted by Crippen LogP contribution is -2.25. The molecule has 0 bridgehead atoms. The van der Waals surface area contributed by atoms with Crippen LogP contribution in [0.25, 0.3) is 11.3 Å².